The molecule has 0 unspecified atom stereocenters. The zero-order chi connectivity index (χ0) is 15.3. The van der Waals surface area contributed by atoms with Crippen molar-refractivity contribution in [2.45, 2.75) is 38.2 Å². The molecule has 0 atom stereocenters. The van der Waals surface area contributed by atoms with Crippen molar-refractivity contribution in [1.29, 1.82) is 0 Å². The van der Waals surface area contributed by atoms with Crippen LogP contribution in [-0.2, 0) is 27.1 Å². The topological polar surface area (TPSA) is 66.8 Å². The van der Waals surface area contributed by atoms with Gasteiger partial charge in [-0.3, -0.25) is 0 Å². The highest BCUT2D eigenvalue weighted by Crippen LogP contribution is 2.19. The summed E-state index contributed by atoms with van der Waals surface area (Å²) in [6, 6.07) is 7.03. The molecule has 118 valence electrons. The smallest absolute Gasteiger partial charge is 0.218 e. The monoisotopic (exact) mass is 313 g/mol. The van der Waals surface area contributed by atoms with E-state index in [1.54, 1.807) is 28.6 Å². The van der Waals surface area contributed by atoms with Gasteiger partial charge in [0.05, 0.1) is 18.5 Å². The first-order valence-electron chi connectivity index (χ1n) is 7.33. The average Bonchev–Trinajstić information content (AvgIpc) is 2.48. The molecule has 0 amide bonds. The number of hydrogen-bond acceptors (Lipinski definition) is 4. The van der Waals surface area contributed by atoms with Crippen LogP contribution in [0.3, 0.4) is 0 Å². The Morgan fingerprint density at radius 3 is 2.29 bits per heavy atom. The number of ether oxygens (including phenoxy) is 1. The van der Waals surface area contributed by atoms with Crippen molar-refractivity contribution in [3.8, 4) is 0 Å². The van der Waals surface area contributed by atoms with Gasteiger partial charge in [-0.2, -0.15) is 0 Å². The number of piperidine rings is 1. The molecule has 6 heteroatoms. The fraction of sp³-hybridized carbons (Fsp3) is 0.600. The van der Waals surface area contributed by atoms with E-state index in [0.29, 0.717) is 19.7 Å². The predicted molar refractivity (Wildman–Crippen MR) is 81.2 cm³/mol. The van der Waals surface area contributed by atoms with E-state index >= 15 is 0 Å². The van der Waals surface area contributed by atoms with Crippen molar-refractivity contribution in [2.75, 3.05) is 19.7 Å². The van der Waals surface area contributed by atoms with E-state index in [0.717, 1.165) is 24.0 Å². The van der Waals surface area contributed by atoms with Crippen LogP contribution in [0.5, 0.6) is 0 Å². The van der Waals surface area contributed by atoms with E-state index in [-0.39, 0.29) is 18.5 Å². The normalized spacial score (nSPS) is 18.0. The Morgan fingerprint density at radius 2 is 1.76 bits per heavy atom. The van der Waals surface area contributed by atoms with Crippen molar-refractivity contribution in [3.05, 3.63) is 35.4 Å². The third kappa shape index (κ3) is 4.51. The van der Waals surface area contributed by atoms with E-state index in [1.165, 1.54) is 0 Å². The van der Waals surface area contributed by atoms with Crippen LogP contribution in [0.15, 0.2) is 24.3 Å². The van der Waals surface area contributed by atoms with Crippen molar-refractivity contribution < 1.29 is 18.3 Å². The van der Waals surface area contributed by atoms with Crippen LogP contribution in [-0.4, -0.2) is 43.6 Å². The molecule has 5 nitrogen and oxygen atoms in total. The number of hydrogen-bond donors (Lipinski definition) is 1. The molecule has 1 heterocycles. The number of sulfonamides is 1. The number of aliphatic hydroxyl groups excluding tert-OH is 1. The Morgan fingerprint density at radius 1 is 1.19 bits per heavy atom. The lowest BCUT2D eigenvalue weighted by molar-refractivity contribution is 0.0290. The maximum atomic E-state index is 12.4. The molecule has 21 heavy (non-hydrogen) atoms. The highest BCUT2D eigenvalue weighted by atomic mass is 32.2. The van der Waals surface area contributed by atoms with Crippen molar-refractivity contribution in [1.82, 2.24) is 4.31 Å². The summed E-state index contributed by atoms with van der Waals surface area (Å²) < 4.78 is 31.9. The Hall–Kier alpha value is -0.950. The minimum absolute atomic E-state index is 0.0119. The Kier molecular flexibility index (Phi) is 5.75. The first kappa shape index (κ1) is 16.4. The van der Waals surface area contributed by atoms with Gasteiger partial charge in [-0.15, -0.1) is 0 Å². The molecule has 0 aliphatic carbocycles. The van der Waals surface area contributed by atoms with E-state index in [4.69, 9.17) is 9.84 Å². The van der Waals surface area contributed by atoms with Crippen molar-refractivity contribution >= 4 is 10.0 Å². The summed E-state index contributed by atoms with van der Waals surface area (Å²) in [5, 5.41) is 9.00. The molecule has 0 radical (unpaired) electrons. The molecule has 1 aliphatic rings. The Labute approximate surface area is 126 Å². The zero-order valence-electron chi connectivity index (χ0n) is 12.4. The van der Waals surface area contributed by atoms with Gasteiger partial charge >= 0.3 is 0 Å². The summed E-state index contributed by atoms with van der Waals surface area (Å²) in [5.41, 5.74) is 1.54. The van der Waals surface area contributed by atoms with Crippen molar-refractivity contribution in [2.24, 2.45) is 0 Å². The van der Waals surface area contributed by atoms with Gasteiger partial charge < -0.3 is 9.84 Å². The third-order valence-corrected chi connectivity index (χ3v) is 5.60. The summed E-state index contributed by atoms with van der Waals surface area (Å²) in [6.07, 6.45) is 1.71. The lowest BCUT2D eigenvalue weighted by Crippen LogP contribution is -2.41. The molecule has 1 aliphatic heterocycles. The highest BCUT2D eigenvalue weighted by Gasteiger charge is 2.28. The van der Waals surface area contributed by atoms with E-state index < -0.39 is 10.0 Å². The van der Waals surface area contributed by atoms with Gasteiger partial charge in [-0.25, -0.2) is 12.7 Å². The van der Waals surface area contributed by atoms with Gasteiger partial charge in [0.15, 0.2) is 0 Å². The Balaban J connectivity index is 1.95. The van der Waals surface area contributed by atoms with Gasteiger partial charge in [0.25, 0.3) is 0 Å². The molecule has 1 N–H and O–H groups in total. The van der Waals surface area contributed by atoms with Crippen LogP contribution >= 0.6 is 0 Å². The zero-order valence-corrected chi connectivity index (χ0v) is 13.2. The molecule has 1 saturated heterocycles. The van der Waals surface area contributed by atoms with Crippen LogP contribution in [0.2, 0.25) is 0 Å². The van der Waals surface area contributed by atoms with Crippen LogP contribution in [0.4, 0.5) is 0 Å². The molecular formula is C15H23NO4S. The number of nitrogens with zero attached hydrogens (tertiary/aromatic N) is 1. The quantitative estimate of drug-likeness (QED) is 0.864. The van der Waals surface area contributed by atoms with Gasteiger partial charge in [0, 0.05) is 19.7 Å². The summed E-state index contributed by atoms with van der Waals surface area (Å²) in [4.78, 5) is 0. The first-order chi connectivity index (χ1) is 10.0. The first-order valence-corrected chi connectivity index (χ1v) is 8.94. The Bertz CT molecular complexity index is 533. The number of benzene rings is 1. The van der Waals surface area contributed by atoms with Gasteiger partial charge in [-0.05, 0) is 30.9 Å². The molecule has 0 saturated carbocycles. The summed E-state index contributed by atoms with van der Waals surface area (Å²) in [7, 11) is -3.28. The van der Waals surface area contributed by atoms with Crippen LogP contribution in [0.25, 0.3) is 0 Å². The second kappa shape index (κ2) is 7.35. The fourth-order valence-electron chi connectivity index (χ4n) is 2.56. The molecule has 0 aromatic heterocycles. The van der Waals surface area contributed by atoms with E-state index in [2.05, 4.69) is 0 Å². The van der Waals surface area contributed by atoms with Gasteiger partial charge in [0.2, 0.25) is 10.0 Å². The minimum Gasteiger partial charge on any atom is -0.392 e. The number of aliphatic hydroxyl groups is 1. The fourth-order valence-corrected chi connectivity index (χ4v) is 4.12. The summed E-state index contributed by atoms with van der Waals surface area (Å²) in [6.45, 7) is 3.66. The van der Waals surface area contributed by atoms with Gasteiger partial charge in [0.1, 0.15) is 0 Å². The summed E-state index contributed by atoms with van der Waals surface area (Å²) in [5.74, 6) is 0.0119. The molecule has 0 spiro atoms. The largest absolute Gasteiger partial charge is 0.392 e. The van der Waals surface area contributed by atoms with Gasteiger partial charge in [-0.1, -0.05) is 24.3 Å². The summed E-state index contributed by atoms with van der Waals surface area (Å²) >= 11 is 0. The molecule has 2 rings (SSSR count). The SMILES string of the molecule is CCOC1CCN(S(=O)(=O)Cc2ccc(CO)cc2)CC1. The standard InChI is InChI=1S/C15H23NO4S/c1-2-20-15-7-9-16(10-8-15)21(18,19)12-14-5-3-13(11-17)4-6-14/h3-6,15,17H,2,7-12H2,1H3. The van der Waals surface area contributed by atoms with Crippen LogP contribution in [0.1, 0.15) is 30.9 Å². The van der Waals surface area contributed by atoms with E-state index in [1.807, 2.05) is 6.92 Å². The molecule has 0 bridgehead atoms. The van der Waals surface area contributed by atoms with E-state index in [9.17, 15) is 8.42 Å². The van der Waals surface area contributed by atoms with Crippen molar-refractivity contribution in [3.63, 3.8) is 0 Å². The molecule has 1 aromatic rings. The lowest BCUT2D eigenvalue weighted by Gasteiger charge is -2.31. The molecule has 1 fully saturated rings. The maximum Gasteiger partial charge on any atom is 0.218 e. The van der Waals surface area contributed by atoms with Crippen LogP contribution in [0, 0.1) is 0 Å². The predicted octanol–water partition coefficient (Wildman–Crippen LogP) is 1.51. The highest BCUT2D eigenvalue weighted by molar-refractivity contribution is 7.88. The maximum absolute atomic E-state index is 12.4. The number of rotatable bonds is 6. The van der Waals surface area contributed by atoms with Crippen LogP contribution < -0.4 is 0 Å². The second-order valence-corrected chi connectivity index (χ2v) is 7.25. The third-order valence-electron chi connectivity index (χ3n) is 3.75. The lowest BCUT2D eigenvalue weighted by atomic mass is 10.1. The average molecular weight is 313 g/mol. The molecule has 1 aromatic carbocycles. The molecular weight excluding hydrogens is 290 g/mol. The second-order valence-electron chi connectivity index (χ2n) is 5.28. The minimum atomic E-state index is -3.28.